The molecule has 0 aromatic heterocycles. The fourth-order valence-electron chi connectivity index (χ4n) is 2.82. The highest BCUT2D eigenvalue weighted by Crippen LogP contribution is 2.20. The summed E-state index contributed by atoms with van der Waals surface area (Å²) in [5.74, 6) is -0.584. The lowest BCUT2D eigenvalue weighted by molar-refractivity contribution is -0.134. The average Bonchev–Trinajstić information content (AvgIpc) is 2.67. The van der Waals surface area contributed by atoms with Crippen molar-refractivity contribution in [2.24, 2.45) is 5.92 Å². The van der Waals surface area contributed by atoms with E-state index in [0.717, 1.165) is 0 Å². The topological polar surface area (TPSA) is 102 Å². The first-order valence-electron chi connectivity index (χ1n) is 8.52. The van der Waals surface area contributed by atoms with Crippen LogP contribution >= 0.6 is 0 Å². The van der Waals surface area contributed by atoms with Gasteiger partial charge in [0.15, 0.2) is 0 Å². The first-order chi connectivity index (χ1) is 12.5. The molecule has 0 bridgehead atoms. The van der Waals surface area contributed by atoms with Crippen molar-refractivity contribution < 1.29 is 14.4 Å². The van der Waals surface area contributed by atoms with Crippen LogP contribution in [-0.2, 0) is 14.4 Å². The first-order valence-corrected chi connectivity index (χ1v) is 8.52. The number of nitriles is 1. The number of nitrogens with zero attached hydrogens (tertiary/aromatic N) is 2. The third-order valence-electron chi connectivity index (χ3n) is 4.30. The Bertz CT molecular complexity index is 731. The Morgan fingerprint density at radius 2 is 2.04 bits per heavy atom. The quantitative estimate of drug-likeness (QED) is 0.754. The van der Waals surface area contributed by atoms with E-state index in [1.807, 2.05) is 6.07 Å². The molecule has 1 aromatic rings. The SMILES string of the molecule is C=CC(=O)NCCC(=O)N1CCC(C(=O)Nc2cccc(C#N)c2)CC1. The van der Waals surface area contributed by atoms with Gasteiger partial charge in [-0.3, -0.25) is 14.4 Å². The third kappa shape index (κ3) is 5.45. The Morgan fingerprint density at radius 1 is 1.31 bits per heavy atom. The Balaban J connectivity index is 1.77. The number of carbonyl (C=O) groups excluding carboxylic acids is 3. The number of carbonyl (C=O) groups is 3. The molecule has 0 spiro atoms. The number of nitrogens with one attached hydrogen (secondary N) is 2. The monoisotopic (exact) mass is 354 g/mol. The highest BCUT2D eigenvalue weighted by Gasteiger charge is 2.27. The van der Waals surface area contributed by atoms with Crippen molar-refractivity contribution in [2.45, 2.75) is 19.3 Å². The zero-order valence-corrected chi connectivity index (χ0v) is 14.5. The van der Waals surface area contributed by atoms with E-state index in [-0.39, 0.29) is 36.6 Å². The molecule has 136 valence electrons. The maximum absolute atomic E-state index is 12.4. The van der Waals surface area contributed by atoms with Gasteiger partial charge in [0, 0.05) is 37.7 Å². The fraction of sp³-hybridized carbons (Fsp3) is 0.368. The molecule has 1 saturated heterocycles. The van der Waals surface area contributed by atoms with E-state index in [4.69, 9.17) is 5.26 Å². The van der Waals surface area contributed by atoms with E-state index >= 15 is 0 Å². The highest BCUT2D eigenvalue weighted by atomic mass is 16.2. The molecule has 2 rings (SSSR count). The Morgan fingerprint density at radius 3 is 2.69 bits per heavy atom. The second-order valence-corrected chi connectivity index (χ2v) is 6.08. The van der Waals surface area contributed by atoms with Crippen LogP contribution in [0.2, 0.25) is 0 Å². The molecule has 1 aromatic carbocycles. The lowest BCUT2D eigenvalue weighted by Gasteiger charge is -2.31. The minimum absolute atomic E-state index is 0.0325. The Kier molecular flexibility index (Phi) is 6.92. The molecule has 0 atom stereocenters. The van der Waals surface area contributed by atoms with Gasteiger partial charge in [-0.15, -0.1) is 0 Å². The van der Waals surface area contributed by atoms with E-state index in [2.05, 4.69) is 17.2 Å². The second kappa shape index (κ2) is 9.37. The van der Waals surface area contributed by atoms with Gasteiger partial charge in [-0.25, -0.2) is 0 Å². The summed E-state index contributed by atoms with van der Waals surface area (Å²) < 4.78 is 0. The predicted octanol–water partition coefficient (Wildman–Crippen LogP) is 1.43. The molecular formula is C19H22N4O3. The molecule has 2 N–H and O–H groups in total. The number of benzene rings is 1. The molecule has 1 heterocycles. The Hall–Kier alpha value is -3.14. The highest BCUT2D eigenvalue weighted by molar-refractivity contribution is 5.93. The number of likely N-dealkylation sites (tertiary alicyclic amines) is 1. The van der Waals surface area contributed by atoms with Crippen molar-refractivity contribution in [2.75, 3.05) is 25.0 Å². The molecule has 0 aliphatic carbocycles. The van der Waals surface area contributed by atoms with Crippen LogP contribution in [0.25, 0.3) is 0 Å². The van der Waals surface area contributed by atoms with Gasteiger partial charge in [0.1, 0.15) is 0 Å². The first kappa shape index (κ1) is 19.2. The molecular weight excluding hydrogens is 332 g/mol. The minimum atomic E-state index is -0.298. The van der Waals surface area contributed by atoms with Crippen molar-refractivity contribution in [3.63, 3.8) is 0 Å². The van der Waals surface area contributed by atoms with Gasteiger partial charge in [0.25, 0.3) is 0 Å². The van der Waals surface area contributed by atoms with Crippen LogP contribution in [0.3, 0.4) is 0 Å². The zero-order valence-electron chi connectivity index (χ0n) is 14.5. The van der Waals surface area contributed by atoms with Crippen LogP contribution in [0.1, 0.15) is 24.8 Å². The fourth-order valence-corrected chi connectivity index (χ4v) is 2.82. The summed E-state index contributed by atoms with van der Waals surface area (Å²) in [4.78, 5) is 37.3. The summed E-state index contributed by atoms with van der Waals surface area (Å²) in [6, 6.07) is 8.82. The van der Waals surface area contributed by atoms with Gasteiger partial charge in [-0.05, 0) is 37.1 Å². The molecule has 1 fully saturated rings. The van der Waals surface area contributed by atoms with Crippen LogP contribution in [-0.4, -0.2) is 42.3 Å². The Labute approximate surface area is 152 Å². The van der Waals surface area contributed by atoms with Crippen molar-refractivity contribution in [1.29, 1.82) is 5.26 Å². The average molecular weight is 354 g/mol. The largest absolute Gasteiger partial charge is 0.352 e. The number of rotatable bonds is 6. The summed E-state index contributed by atoms with van der Waals surface area (Å²) in [5, 5.41) is 14.3. The summed E-state index contributed by atoms with van der Waals surface area (Å²) in [6.45, 7) is 4.67. The van der Waals surface area contributed by atoms with Crippen molar-refractivity contribution in [1.82, 2.24) is 10.2 Å². The van der Waals surface area contributed by atoms with Gasteiger partial charge in [-0.2, -0.15) is 5.26 Å². The maximum atomic E-state index is 12.4. The van der Waals surface area contributed by atoms with Gasteiger partial charge in [-0.1, -0.05) is 12.6 Å². The zero-order chi connectivity index (χ0) is 18.9. The van der Waals surface area contributed by atoms with E-state index in [0.29, 0.717) is 37.2 Å². The molecule has 0 radical (unpaired) electrons. The number of anilines is 1. The molecule has 7 nitrogen and oxygen atoms in total. The van der Waals surface area contributed by atoms with Gasteiger partial charge >= 0.3 is 0 Å². The van der Waals surface area contributed by atoms with Crippen LogP contribution in [0.15, 0.2) is 36.9 Å². The van der Waals surface area contributed by atoms with Crippen molar-refractivity contribution >= 4 is 23.4 Å². The van der Waals surface area contributed by atoms with E-state index in [9.17, 15) is 14.4 Å². The van der Waals surface area contributed by atoms with Gasteiger partial charge in [0.2, 0.25) is 17.7 Å². The van der Waals surface area contributed by atoms with Gasteiger partial charge in [0.05, 0.1) is 11.6 Å². The lowest BCUT2D eigenvalue weighted by Crippen LogP contribution is -2.42. The number of amides is 3. The number of piperidine rings is 1. The summed E-state index contributed by atoms with van der Waals surface area (Å²) in [7, 11) is 0. The predicted molar refractivity (Wildman–Crippen MR) is 96.9 cm³/mol. The maximum Gasteiger partial charge on any atom is 0.243 e. The minimum Gasteiger partial charge on any atom is -0.352 e. The standard InChI is InChI=1S/C19H22N4O3/c1-2-17(24)21-9-6-18(25)23-10-7-15(8-11-23)19(26)22-16-5-3-4-14(12-16)13-20/h2-5,12,15H,1,6-11H2,(H,21,24)(H,22,26). The molecule has 3 amide bonds. The summed E-state index contributed by atoms with van der Waals surface area (Å²) >= 11 is 0. The van der Waals surface area contributed by atoms with Crippen LogP contribution < -0.4 is 10.6 Å². The molecule has 0 saturated carbocycles. The summed E-state index contributed by atoms with van der Waals surface area (Å²) in [5.41, 5.74) is 1.09. The van der Waals surface area contributed by atoms with E-state index < -0.39 is 0 Å². The van der Waals surface area contributed by atoms with Crippen molar-refractivity contribution in [3.8, 4) is 6.07 Å². The molecule has 1 aliphatic rings. The van der Waals surface area contributed by atoms with Gasteiger partial charge < -0.3 is 15.5 Å². The van der Waals surface area contributed by atoms with Crippen LogP contribution in [0.4, 0.5) is 5.69 Å². The molecule has 7 heteroatoms. The lowest BCUT2D eigenvalue weighted by atomic mass is 9.95. The third-order valence-corrected chi connectivity index (χ3v) is 4.30. The normalized spacial score (nSPS) is 14.2. The van der Waals surface area contributed by atoms with E-state index in [1.54, 1.807) is 29.2 Å². The van der Waals surface area contributed by atoms with Crippen molar-refractivity contribution in [3.05, 3.63) is 42.5 Å². The second-order valence-electron chi connectivity index (χ2n) is 6.08. The smallest absolute Gasteiger partial charge is 0.243 e. The summed E-state index contributed by atoms with van der Waals surface area (Å²) in [6.07, 6.45) is 2.58. The molecule has 1 aliphatic heterocycles. The number of hydrogen-bond donors (Lipinski definition) is 2. The van der Waals surface area contributed by atoms with E-state index in [1.165, 1.54) is 6.08 Å². The van der Waals surface area contributed by atoms with Crippen LogP contribution in [0.5, 0.6) is 0 Å². The molecule has 26 heavy (non-hydrogen) atoms. The number of hydrogen-bond acceptors (Lipinski definition) is 4. The molecule has 0 unspecified atom stereocenters. The van der Waals surface area contributed by atoms with Crippen LogP contribution in [0, 0.1) is 17.2 Å².